The molecule has 2 aromatic rings. The molecule has 0 spiro atoms. The Morgan fingerprint density at radius 1 is 0.964 bits per heavy atom. The molecule has 0 aromatic heterocycles. The predicted molar refractivity (Wildman–Crippen MR) is 102 cm³/mol. The highest BCUT2D eigenvalue weighted by atomic mass is 16.5. The molecule has 28 heavy (non-hydrogen) atoms. The van der Waals surface area contributed by atoms with E-state index in [9.17, 15) is 9.59 Å². The Balaban J connectivity index is 1.68. The number of carbonyl (C=O) groups excluding carboxylic acids is 2. The minimum absolute atomic E-state index is 0.153. The van der Waals surface area contributed by atoms with E-state index in [2.05, 4.69) is 0 Å². The second-order valence-corrected chi connectivity index (χ2v) is 6.32. The van der Waals surface area contributed by atoms with Gasteiger partial charge in [-0.3, -0.25) is 4.79 Å². The molecule has 7 heteroatoms. The van der Waals surface area contributed by atoms with E-state index in [-0.39, 0.29) is 12.5 Å². The van der Waals surface area contributed by atoms with Crippen LogP contribution in [0.15, 0.2) is 36.4 Å². The van der Waals surface area contributed by atoms with Crippen LogP contribution in [-0.4, -0.2) is 51.3 Å². The van der Waals surface area contributed by atoms with Crippen LogP contribution in [0, 0.1) is 0 Å². The van der Waals surface area contributed by atoms with Gasteiger partial charge in [-0.25, -0.2) is 4.79 Å². The first kappa shape index (κ1) is 19.5. The van der Waals surface area contributed by atoms with E-state index in [1.165, 1.54) is 7.11 Å². The van der Waals surface area contributed by atoms with Gasteiger partial charge in [-0.1, -0.05) is 12.1 Å². The van der Waals surface area contributed by atoms with Gasteiger partial charge in [-0.05, 0) is 41.8 Å². The normalized spacial score (nSPS) is 12.8. The van der Waals surface area contributed by atoms with Crippen molar-refractivity contribution in [3.63, 3.8) is 0 Å². The number of esters is 1. The third-order valence-electron chi connectivity index (χ3n) is 4.71. The molecule has 0 N–H and O–H groups in total. The van der Waals surface area contributed by atoms with Crippen molar-refractivity contribution in [2.45, 2.75) is 13.0 Å². The molecule has 0 bridgehead atoms. The Bertz CT molecular complexity index is 879. The van der Waals surface area contributed by atoms with E-state index in [0.717, 1.165) is 17.5 Å². The van der Waals surface area contributed by atoms with Crippen LogP contribution in [0.2, 0.25) is 0 Å². The zero-order valence-corrected chi connectivity index (χ0v) is 16.2. The maximum Gasteiger partial charge on any atom is 0.341 e. The Labute approximate surface area is 163 Å². The molecule has 0 unspecified atom stereocenters. The van der Waals surface area contributed by atoms with Crippen LogP contribution < -0.4 is 14.2 Å². The van der Waals surface area contributed by atoms with Gasteiger partial charge in [-0.2, -0.15) is 0 Å². The van der Waals surface area contributed by atoms with Gasteiger partial charge in [0, 0.05) is 13.1 Å². The fraction of sp³-hybridized carbons (Fsp3) is 0.333. The van der Waals surface area contributed by atoms with Gasteiger partial charge in [0.1, 0.15) is 11.3 Å². The van der Waals surface area contributed by atoms with Gasteiger partial charge < -0.3 is 23.8 Å². The summed E-state index contributed by atoms with van der Waals surface area (Å²) in [5.74, 6) is 0.991. The Kier molecular flexibility index (Phi) is 6.03. The van der Waals surface area contributed by atoms with E-state index in [0.29, 0.717) is 35.9 Å². The van der Waals surface area contributed by atoms with Crippen LogP contribution in [0.1, 0.15) is 21.5 Å². The lowest BCUT2D eigenvalue weighted by Gasteiger charge is -2.29. The number of para-hydroxylation sites is 1. The fourth-order valence-corrected chi connectivity index (χ4v) is 3.20. The van der Waals surface area contributed by atoms with Crippen molar-refractivity contribution in [3.05, 3.63) is 53.1 Å². The summed E-state index contributed by atoms with van der Waals surface area (Å²) in [7, 11) is 4.49. The van der Waals surface area contributed by atoms with Crippen LogP contribution in [-0.2, 0) is 22.5 Å². The van der Waals surface area contributed by atoms with Gasteiger partial charge in [0.05, 0.1) is 21.3 Å². The molecule has 0 fully saturated rings. The van der Waals surface area contributed by atoms with Gasteiger partial charge >= 0.3 is 5.97 Å². The average Bonchev–Trinajstić information content (AvgIpc) is 2.75. The maximum atomic E-state index is 12.6. The van der Waals surface area contributed by atoms with Gasteiger partial charge in [0.25, 0.3) is 5.91 Å². The van der Waals surface area contributed by atoms with Gasteiger partial charge in [0.2, 0.25) is 0 Å². The highest BCUT2D eigenvalue weighted by molar-refractivity contribution is 5.92. The topological polar surface area (TPSA) is 74.3 Å². The third-order valence-corrected chi connectivity index (χ3v) is 4.71. The van der Waals surface area contributed by atoms with E-state index >= 15 is 0 Å². The van der Waals surface area contributed by atoms with Crippen molar-refractivity contribution in [2.75, 3.05) is 34.5 Å². The van der Waals surface area contributed by atoms with E-state index in [1.807, 2.05) is 12.1 Å². The summed E-state index contributed by atoms with van der Waals surface area (Å²) in [6.07, 6.45) is 0.722. The lowest BCUT2D eigenvalue weighted by atomic mass is 9.99. The van der Waals surface area contributed by atoms with Crippen LogP contribution in [0.4, 0.5) is 0 Å². The summed E-state index contributed by atoms with van der Waals surface area (Å²) in [5, 5.41) is 0. The molecular formula is C21H23NO6. The summed E-state index contributed by atoms with van der Waals surface area (Å²) >= 11 is 0. The summed E-state index contributed by atoms with van der Waals surface area (Å²) < 4.78 is 21.0. The summed E-state index contributed by atoms with van der Waals surface area (Å²) in [6, 6.07) is 10.6. The standard InChI is InChI=1S/C21H23NO6/c1-25-18-10-14-8-9-22(12-15(14)11-19(18)26-2)20(23)13-28-17-7-5-4-6-16(17)21(24)27-3/h4-7,10-11H,8-9,12-13H2,1-3H3. The molecule has 0 atom stereocenters. The number of benzene rings is 2. The van der Waals surface area contributed by atoms with Gasteiger partial charge in [-0.15, -0.1) is 0 Å². The number of fused-ring (bicyclic) bond motifs is 1. The lowest BCUT2D eigenvalue weighted by molar-refractivity contribution is -0.134. The molecule has 2 aromatic carbocycles. The molecule has 1 aliphatic rings. The maximum absolute atomic E-state index is 12.6. The highest BCUT2D eigenvalue weighted by Crippen LogP contribution is 2.33. The SMILES string of the molecule is COC(=O)c1ccccc1OCC(=O)N1CCc2cc(OC)c(OC)cc2C1. The molecule has 0 saturated carbocycles. The van der Waals surface area contributed by atoms with E-state index < -0.39 is 5.97 Å². The second kappa shape index (κ2) is 8.65. The zero-order valence-electron chi connectivity index (χ0n) is 16.2. The number of hydrogen-bond donors (Lipinski definition) is 0. The molecule has 1 amide bonds. The number of amides is 1. The fourth-order valence-electron chi connectivity index (χ4n) is 3.20. The van der Waals surface area contributed by atoms with Crippen LogP contribution >= 0.6 is 0 Å². The van der Waals surface area contributed by atoms with Crippen LogP contribution in [0.3, 0.4) is 0 Å². The molecule has 1 heterocycles. The molecule has 0 saturated heterocycles. The minimum atomic E-state index is -0.504. The Morgan fingerprint density at radius 3 is 2.32 bits per heavy atom. The predicted octanol–water partition coefficient (Wildman–Crippen LogP) is 2.45. The average molecular weight is 385 g/mol. The van der Waals surface area contributed by atoms with Crippen molar-refractivity contribution in [2.24, 2.45) is 0 Å². The lowest BCUT2D eigenvalue weighted by Crippen LogP contribution is -2.39. The van der Waals surface area contributed by atoms with Crippen LogP contribution in [0.5, 0.6) is 17.2 Å². The molecule has 7 nitrogen and oxygen atoms in total. The smallest absolute Gasteiger partial charge is 0.341 e. The number of ether oxygens (including phenoxy) is 4. The minimum Gasteiger partial charge on any atom is -0.493 e. The second-order valence-electron chi connectivity index (χ2n) is 6.32. The number of hydrogen-bond acceptors (Lipinski definition) is 6. The Hall–Kier alpha value is -3.22. The number of rotatable bonds is 6. The van der Waals surface area contributed by atoms with Crippen molar-refractivity contribution in [3.8, 4) is 17.2 Å². The number of methoxy groups -OCH3 is 3. The summed E-state index contributed by atoms with van der Waals surface area (Å²) in [5.41, 5.74) is 2.45. The van der Waals surface area contributed by atoms with Crippen molar-refractivity contribution in [1.82, 2.24) is 4.90 Å². The zero-order chi connectivity index (χ0) is 20.1. The first-order valence-corrected chi connectivity index (χ1v) is 8.89. The number of carbonyl (C=O) groups is 2. The first-order chi connectivity index (χ1) is 13.6. The summed E-state index contributed by atoms with van der Waals surface area (Å²) in [6.45, 7) is 0.899. The molecule has 0 radical (unpaired) electrons. The largest absolute Gasteiger partial charge is 0.493 e. The number of nitrogens with zero attached hydrogens (tertiary/aromatic N) is 1. The molecule has 1 aliphatic heterocycles. The monoisotopic (exact) mass is 385 g/mol. The molecule has 148 valence electrons. The first-order valence-electron chi connectivity index (χ1n) is 8.89. The van der Waals surface area contributed by atoms with Gasteiger partial charge in [0.15, 0.2) is 18.1 Å². The van der Waals surface area contributed by atoms with E-state index in [1.54, 1.807) is 43.4 Å². The van der Waals surface area contributed by atoms with E-state index in [4.69, 9.17) is 18.9 Å². The van der Waals surface area contributed by atoms with Crippen molar-refractivity contribution in [1.29, 1.82) is 0 Å². The molecular weight excluding hydrogens is 362 g/mol. The quantitative estimate of drug-likeness (QED) is 0.711. The van der Waals surface area contributed by atoms with Crippen molar-refractivity contribution >= 4 is 11.9 Å². The van der Waals surface area contributed by atoms with Crippen molar-refractivity contribution < 1.29 is 28.5 Å². The molecule has 0 aliphatic carbocycles. The summed E-state index contributed by atoms with van der Waals surface area (Å²) in [4.78, 5) is 26.2. The highest BCUT2D eigenvalue weighted by Gasteiger charge is 2.23. The Morgan fingerprint density at radius 2 is 1.64 bits per heavy atom. The molecule has 3 rings (SSSR count). The van der Waals surface area contributed by atoms with Crippen LogP contribution in [0.25, 0.3) is 0 Å². The third kappa shape index (κ3) is 4.03.